The zero-order valence-corrected chi connectivity index (χ0v) is 9.11. The van der Waals surface area contributed by atoms with Crippen molar-refractivity contribution >= 4 is 34.2 Å². The van der Waals surface area contributed by atoms with E-state index in [0.717, 1.165) is 29.6 Å². The predicted octanol–water partition coefficient (Wildman–Crippen LogP) is 4.26. The van der Waals surface area contributed by atoms with E-state index in [0.29, 0.717) is 10.9 Å². The molecule has 0 radical (unpaired) electrons. The van der Waals surface area contributed by atoms with E-state index in [-0.39, 0.29) is 0 Å². The van der Waals surface area contributed by atoms with Crippen molar-refractivity contribution in [2.24, 2.45) is 0 Å². The number of para-hydroxylation sites is 1. The summed E-state index contributed by atoms with van der Waals surface area (Å²) >= 11 is 11.6. The van der Waals surface area contributed by atoms with E-state index in [1.165, 1.54) is 0 Å². The zero-order chi connectivity index (χ0) is 9.97. The first-order valence-corrected chi connectivity index (χ1v) is 5.45. The van der Waals surface area contributed by atoms with Crippen molar-refractivity contribution in [2.75, 3.05) is 5.88 Å². The van der Waals surface area contributed by atoms with Crippen LogP contribution in [0.3, 0.4) is 0 Å². The number of alkyl halides is 1. The maximum Gasteiger partial charge on any atom is 0.152 e. The molecule has 0 amide bonds. The third-order valence-corrected chi connectivity index (χ3v) is 2.67. The molecule has 74 valence electrons. The van der Waals surface area contributed by atoms with Crippen LogP contribution in [0.5, 0.6) is 0 Å². The van der Waals surface area contributed by atoms with Gasteiger partial charge in [0.2, 0.25) is 0 Å². The Hall–Kier alpha value is -0.660. The summed E-state index contributed by atoms with van der Waals surface area (Å²) in [6, 6.07) is 7.77. The lowest BCUT2D eigenvalue weighted by Crippen LogP contribution is -1.81. The number of fused-ring (bicyclic) bond motifs is 1. The van der Waals surface area contributed by atoms with E-state index in [1.54, 1.807) is 0 Å². The summed E-state index contributed by atoms with van der Waals surface area (Å²) in [7, 11) is 0. The van der Waals surface area contributed by atoms with Crippen molar-refractivity contribution in [3.8, 4) is 0 Å². The van der Waals surface area contributed by atoms with Gasteiger partial charge in [-0.3, -0.25) is 0 Å². The average molecular weight is 229 g/mol. The summed E-state index contributed by atoms with van der Waals surface area (Å²) in [4.78, 5) is 0. The summed E-state index contributed by atoms with van der Waals surface area (Å²) < 4.78 is 5.61. The average Bonchev–Trinajstić information content (AvgIpc) is 2.59. The second-order valence-corrected chi connectivity index (χ2v) is 3.95. The Labute approximate surface area is 92.6 Å². The molecule has 2 rings (SSSR count). The fourth-order valence-electron chi connectivity index (χ4n) is 1.45. The first-order chi connectivity index (χ1) is 6.81. The fraction of sp³-hybridized carbons (Fsp3) is 0.273. The van der Waals surface area contributed by atoms with Crippen molar-refractivity contribution in [3.63, 3.8) is 0 Å². The van der Waals surface area contributed by atoms with Gasteiger partial charge in [0.15, 0.2) is 5.58 Å². The zero-order valence-electron chi connectivity index (χ0n) is 7.59. The summed E-state index contributed by atoms with van der Waals surface area (Å²) in [5.41, 5.74) is 0.777. The van der Waals surface area contributed by atoms with Crippen LogP contribution in [0.15, 0.2) is 28.7 Å². The minimum Gasteiger partial charge on any atom is -0.460 e. The Balaban J connectivity index is 2.36. The first kappa shape index (κ1) is 9.88. The van der Waals surface area contributed by atoms with Crippen LogP contribution in [0.1, 0.15) is 12.2 Å². The molecule has 1 nitrogen and oxygen atoms in total. The quantitative estimate of drug-likeness (QED) is 0.716. The maximum absolute atomic E-state index is 5.98. The Morgan fingerprint density at radius 3 is 2.86 bits per heavy atom. The molecule has 0 saturated carbocycles. The van der Waals surface area contributed by atoms with E-state index in [2.05, 4.69) is 0 Å². The Morgan fingerprint density at radius 1 is 1.29 bits per heavy atom. The molecule has 14 heavy (non-hydrogen) atoms. The van der Waals surface area contributed by atoms with Crippen molar-refractivity contribution in [2.45, 2.75) is 12.8 Å². The Kier molecular flexibility index (Phi) is 2.99. The molecular weight excluding hydrogens is 219 g/mol. The van der Waals surface area contributed by atoms with Crippen molar-refractivity contribution < 1.29 is 4.42 Å². The lowest BCUT2D eigenvalue weighted by Gasteiger charge is -1.91. The number of hydrogen-bond acceptors (Lipinski definition) is 1. The summed E-state index contributed by atoms with van der Waals surface area (Å²) in [5.74, 6) is 1.61. The largest absolute Gasteiger partial charge is 0.460 e. The molecule has 2 aromatic rings. The van der Waals surface area contributed by atoms with Gasteiger partial charge >= 0.3 is 0 Å². The molecule has 3 heteroatoms. The van der Waals surface area contributed by atoms with Crippen LogP contribution in [0.4, 0.5) is 0 Å². The van der Waals surface area contributed by atoms with E-state index >= 15 is 0 Å². The van der Waals surface area contributed by atoms with Crippen LogP contribution in [0, 0.1) is 0 Å². The molecule has 0 bridgehead atoms. The third kappa shape index (κ3) is 1.89. The van der Waals surface area contributed by atoms with Crippen LogP contribution in [0.2, 0.25) is 5.02 Å². The summed E-state index contributed by atoms with van der Waals surface area (Å²) in [6.45, 7) is 0. The van der Waals surface area contributed by atoms with Crippen molar-refractivity contribution in [1.82, 2.24) is 0 Å². The Morgan fingerprint density at radius 2 is 2.14 bits per heavy atom. The van der Waals surface area contributed by atoms with Gasteiger partial charge in [-0.1, -0.05) is 23.7 Å². The van der Waals surface area contributed by atoms with Gasteiger partial charge in [0, 0.05) is 17.7 Å². The topological polar surface area (TPSA) is 13.1 Å². The highest BCUT2D eigenvalue weighted by molar-refractivity contribution is 6.34. The Bertz CT molecular complexity index is 434. The maximum atomic E-state index is 5.98. The highest BCUT2D eigenvalue weighted by Gasteiger charge is 2.05. The normalized spacial score (nSPS) is 11.0. The molecule has 0 unspecified atom stereocenters. The first-order valence-electron chi connectivity index (χ1n) is 4.54. The minimum atomic E-state index is 0.658. The van der Waals surface area contributed by atoms with Crippen LogP contribution >= 0.6 is 23.2 Å². The molecule has 1 heterocycles. The number of halogens is 2. The summed E-state index contributed by atoms with van der Waals surface area (Å²) in [6.07, 6.45) is 1.80. The molecule has 0 spiro atoms. The van der Waals surface area contributed by atoms with Gasteiger partial charge < -0.3 is 4.42 Å². The molecule has 0 atom stereocenters. The lowest BCUT2D eigenvalue weighted by atomic mass is 10.2. The van der Waals surface area contributed by atoms with Crippen molar-refractivity contribution in [1.29, 1.82) is 0 Å². The van der Waals surface area contributed by atoms with Crippen LogP contribution in [-0.2, 0) is 6.42 Å². The molecule has 0 aliphatic heterocycles. The van der Waals surface area contributed by atoms with Crippen molar-refractivity contribution in [3.05, 3.63) is 35.0 Å². The second kappa shape index (κ2) is 4.24. The minimum absolute atomic E-state index is 0.658. The molecule has 0 aliphatic carbocycles. The highest BCUT2D eigenvalue weighted by Crippen LogP contribution is 2.26. The van der Waals surface area contributed by atoms with Gasteiger partial charge in [0.1, 0.15) is 5.76 Å². The molecule has 1 aromatic carbocycles. The van der Waals surface area contributed by atoms with Crippen LogP contribution in [0.25, 0.3) is 11.0 Å². The van der Waals surface area contributed by atoms with E-state index in [4.69, 9.17) is 27.6 Å². The lowest BCUT2D eigenvalue weighted by molar-refractivity contribution is 0.545. The number of rotatable bonds is 3. The number of benzene rings is 1. The molecule has 1 aromatic heterocycles. The van der Waals surface area contributed by atoms with E-state index in [1.807, 2.05) is 24.3 Å². The number of hydrogen-bond donors (Lipinski definition) is 0. The number of aryl methyl sites for hydroxylation is 1. The van der Waals surface area contributed by atoms with Gasteiger partial charge in [-0.05, 0) is 18.6 Å². The summed E-state index contributed by atoms with van der Waals surface area (Å²) in [5, 5.41) is 1.72. The number of furan rings is 1. The van der Waals surface area contributed by atoms with E-state index in [9.17, 15) is 0 Å². The predicted molar refractivity (Wildman–Crippen MR) is 60.3 cm³/mol. The van der Waals surface area contributed by atoms with Gasteiger partial charge in [-0.25, -0.2) is 0 Å². The smallest absolute Gasteiger partial charge is 0.152 e. The van der Waals surface area contributed by atoms with Gasteiger partial charge in [-0.2, -0.15) is 0 Å². The van der Waals surface area contributed by atoms with Crippen LogP contribution in [-0.4, -0.2) is 5.88 Å². The molecule has 0 saturated heterocycles. The van der Waals surface area contributed by atoms with Gasteiger partial charge in [0.25, 0.3) is 0 Å². The SMILES string of the molecule is ClCCCc1cc2cccc(Cl)c2o1. The van der Waals surface area contributed by atoms with Gasteiger partial charge in [0.05, 0.1) is 5.02 Å². The van der Waals surface area contributed by atoms with Crippen LogP contribution < -0.4 is 0 Å². The molecule has 0 aliphatic rings. The standard InChI is InChI=1S/C11H10Cl2O/c12-6-2-4-9-7-8-3-1-5-10(13)11(8)14-9/h1,3,5,7H,2,4,6H2. The van der Waals surface area contributed by atoms with E-state index < -0.39 is 0 Å². The van der Waals surface area contributed by atoms with Gasteiger partial charge in [-0.15, -0.1) is 11.6 Å². The molecule has 0 N–H and O–H groups in total. The second-order valence-electron chi connectivity index (χ2n) is 3.16. The highest BCUT2D eigenvalue weighted by atomic mass is 35.5. The molecular formula is C11H10Cl2O. The third-order valence-electron chi connectivity index (χ3n) is 2.10. The molecule has 0 fully saturated rings. The monoisotopic (exact) mass is 228 g/mol. The fourth-order valence-corrected chi connectivity index (χ4v) is 1.80.